The van der Waals surface area contributed by atoms with Crippen LogP contribution in [0.1, 0.15) is 15.9 Å². The van der Waals surface area contributed by atoms with Gasteiger partial charge in [0, 0.05) is 10.7 Å². The van der Waals surface area contributed by atoms with Crippen LogP contribution in [0.15, 0.2) is 53.4 Å². The summed E-state index contributed by atoms with van der Waals surface area (Å²) < 4.78 is 4.64. The number of amides is 2. The van der Waals surface area contributed by atoms with Gasteiger partial charge in [-0.3, -0.25) is 14.5 Å². The summed E-state index contributed by atoms with van der Waals surface area (Å²) in [6.45, 7) is 0.0280. The molecule has 2 amide bonds. The van der Waals surface area contributed by atoms with E-state index in [1.807, 2.05) is 0 Å². The monoisotopic (exact) mass is 402 g/mol. The van der Waals surface area contributed by atoms with E-state index >= 15 is 0 Å². The van der Waals surface area contributed by atoms with Crippen LogP contribution in [0.25, 0.3) is 6.08 Å². The number of carbonyl (C=O) groups excluding carboxylic acids is 3. The molecule has 1 heterocycles. The molecular weight excluding hydrogens is 388 g/mol. The van der Waals surface area contributed by atoms with Crippen molar-refractivity contribution in [2.75, 3.05) is 19.1 Å². The number of benzene rings is 2. The second-order valence-corrected chi connectivity index (χ2v) is 6.99. The molecule has 8 heteroatoms. The Balaban J connectivity index is 1.65. The molecule has 0 spiro atoms. The van der Waals surface area contributed by atoms with Crippen LogP contribution >= 0.6 is 23.4 Å². The van der Waals surface area contributed by atoms with Gasteiger partial charge in [-0.15, -0.1) is 0 Å². The molecule has 1 saturated heterocycles. The van der Waals surface area contributed by atoms with E-state index in [9.17, 15) is 14.4 Å². The first kappa shape index (κ1) is 19.0. The molecule has 2 aromatic carbocycles. The number of hydrogen-bond acceptors (Lipinski definition) is 6. The van der Waals surface area contributed by atoms with Crippen molar-refractivity contribution in [2.24, 2.45) is 0 Å². The van der Waals surface area contributed by atoms with Crippen LogP contribution in [0.5, 0.6) is 0 Å². The minimum Gasteiger partial charge on any atom is -0.465 e. The predicted octanol–water partition coefficient (Wildman–Crippen LogP) is 4.23. The summed E-state index contributed by atoms with van der Waals surface area (Å²) in [5, 5.41) is 3.25. The molecule has 0 bridgehead atoms. The fourth-order valence-corrected chi connectivity index (χ4v) is 3.32. The largest absolute Gasteiger partial charge is 0.465 e. The minimum atomic E-state index is -0.431. The zero-order valence-electron chi connectivity index (χ0n) is 14.3. The molecule has 1 fully saturated rings. The van der Waals surface area contributed by atoms with E-state index in [0.29, 0.717) is 21.2 Å². The van der Waals surface area contributed by atoms with Crippen molar-refractivity contribution in [3.8, 4) is 0 Å². The molecule has 27 heavy (non-hydrogen) atoms. The summed E-state index contributed by atoms with van der Waals surface area (Å²) >= 11 is 6.74. The number of hydrogen-bond donors (Lipinski definition) is 1. The molecule has 138 valence electrons. The lowest BCUT2D eigenvalue weighted by Gasteiger charge is -2.14. The van der Waals surface area contributed by atoms with Crippen LogP contribution < -0.4 is 5.32 Å². The minimum absolute atomic E-state index is 0.0280. The number of halogens is 1. The lowest BCUT2D eigenvalue weighted by Crippen LogP contribution is -2.33. The number of nitrogens with zero attached hydrogens (tertiary/aromatic N) is 1. The van der Waals surface area contributed by atoms with E-state index in [2.05, 4.69) is 10.1 Å². The topological polar surface area (TPSA) is 75.7 Å². The highest BCUT2D eigenvalue weighted by Crippen LogP contribution is 2.32. The Morgan fingerprint density at radius 2 is 1.81 bits per heavy atom. The van der Waals surface area contributed by atoms with E-state index in [0.717, 1.165) is 22.2 Å². The number of imide groups is 1. The van der Waals surface area contributed by atoms with Crippen LogP contribution in [0.2, 0.25) is 5.02 Å². The molecule has 0 saturated carbocycles. The summed E-state index contributed by atoms with van der Waals surface area (Å²) in [5.41, 5.74) is 1.87. The third kappa shape index (κ3) is 4.50. The van der Waals surface area contributed by atoms with Gasteiger partial charge in [0.1, 0.15) is 0 Å². The van der Waals surface area contributed by atoms with Crippen LogP contribution in [0.4, 0.5) is 10.5 Å². The number of esters is 1. The van der Waals surface area contributed by atoms with E-state index in [-0.39, 0.29) is 17.8 Å². The number of anilines is 1. The number of carbonyl (C=O) groups is 3. The van der Waals surface area contributed by atoms with Gasteiger partial charge in [0.05, 0.1) is 24.2 Å². The highest BCUT2D eigenvalue weighted by molar-refractivity contribution is 8.18. The number of methoxy groups -OCH3 is 1. The smallest absolute Gasteiger partial charge is 0.337 e. The molecule has 0 radical (unpaired) electrons. The first-order chi connectivity index (χ1) is 13.0. The first-order valence-corrected chi connectivity index (χ1v) is 9.10. The molecule has 2 aromatic rings. The fourth-order valence-electron chi connectivity index (χ4n) is 2.36. The molecule has 1 N–H and O–H groups in total. The van der Waals surface area contributed by atoms with Crippen molar-refractivity contribution in [3.05, 3.63) is 69.6 Å². The zero-order valence-corrected chi connectivity index (χ0v) is 15.8. The quantitative estimate of drug-likeness (QED) is 0.595. The van der Waals surface area contributed by atoms with Crippen molar-refractivity contribution in [1.82, 2.24) is 4.90 Å². The Hall–Kier alpha value is -2.77. The Labute approximate surface area is 165 Å². The second-order valence-electron chi connectivity index (χ2n) is 5.57. The second kappa shape index (κ2) is 8.28. The lowest BCUT2D eigenvalue weighted by molar-refractivity contribution is -0.122. The highest BCUT2D eigenvalue weighted by atomic mass is 35.5. The molecular formula is C19H15ClN2O4S. The predicted molar refractivity (Wildman–Crippen MR) is 106 cm³/mol. The number of thioether (sulfide) groups is 1. The van der Waals surface area contributed by atoms with Gasteiger partial charge in [-0.1, -0.05) is 23.7 Å². The average molecular weight is 403 g/mol. The highest BCUT2D eigenvalue weighted by Gasteiger charge is 2.34. The fraction of sp³-hybridized carbons (Fsp3) is 0.105. The van der Waals surface area contributed by atoms with Gasteiger partial charge in [-0.05, 0) is 59.8 Å². The lowest BCUT2D eigenvalue weighted by atomic mass is 10.2. The molecule has 0 aromatic heterocycles. The Kier molecular flexibility index (Phi) is 5.83. The summed E-state index contributed by atoms with van der Waals surface area (Å²) in [7, 11) is 1.31. The standard InChI is InChI=1S/C19H15ClN2O4S/c1-26-18(24)13-4-8-15(9-5-13)21-11-22-17(23)16(27-19(22)25)10-12-2-6-14(20)7-3-12/h2-10,21H,11H2,1H3/b16-10+. The van der Waals surface area contributed by atoms with Crippen molar-refractivity contribution in [1.29, 1.82) is 0 Å². The molecule has 0 unspecified atom stereocenters. The molecule has 1 aliphatic rings. The maximum atomic E-state index is 12.5. The van der Waals surface area contributed by atoms with Crippen LogP contribution in [-0.2, 0) is 9.53 Å². The number of rotatable bonds is 5. The Morgan fingerprint density at radius 3 is 2.44 bits per heavy atom. The first-order valence-electron chi connectivity index (χ1n) is 7.91. The van der Waals surface area contributed by atoms with E-state index < -0.39 is 5.97 Å². The summed E-state index contributed by atoms with van der Waals surface area (Å²) in [5.74, 6) is -0.793. The summed E-state index contributed by atoms with van der Waals surface area (Å²) in [6, 6.07) is 13.5. The van der Waals surface area contributed by atoms with Gasteiger partial charge in [0.2, 0.25) is 0 Å². The number of nitrogens with one attached hydrogen (secondary N) is 1. The third-order valence-corrected chi connectivity index (χ3v) is 4.95. The van der Waals surface area contributed by atoms with Crippen molar-refractivity contribution >= 4 is 52.2 Å². The Morgan fingerprint density at radius 1 is 1.15 bits per heavy atom. The van der Waals surface area contributed by atoms with Crippen molar-refractivity contribution in [2.45, 2.75) is 0 Å². The van der Waals surface area contributed by atoms with Crippen molar-refractivity contribution < 1.29 is 19.1 Å². The summed E-state index contributed by atoms with van der Waals surface area (Å²) in [4.78, 5) is 37.5. The Bertz CT molecular complexity index is 910. The van der Waals surface area contributed by atoms with E-state index in [1.54, 1.807) is 54.6 Å². The SMILES string of the molecule is COC(=O)c1ccc(NCN2C(=O)S/C(=C/c3ccc(Cl)cc3)C2=O)cc1. The van der Waals surface area contributed by atoms with Gasteiger partial charge >= 0.3 is 5.97 Å². The molecule has 6 nitrogen and oxygen atoms in total. The van der Waals surface area contributed by atoms with E-state index in [1.165, 1.54) is 7.11 Å². The zero-order chi connectivity index (χ0) is 19.4. The molecule has 0 aliphatic carbocycles. The van der Waals surface area contributed by atoms with Crippen molar-refractivity contribution in [3.63, 3.8) is 0 Å². The molecule has 0 atom stereocenters. The van der Waals surface area contributed by atoms with E-state index in [4.69, 9.17) is 11.6 Å². The maximum absolute atomic E-state index is 12.5. The average Bonchev–Trinajstić information content (AvgIpc) is 2.94. The van der Waals surface area contributed by atoms with Gasteiger partial charge < -0.3 is 10.1 Å². The maximum Gasteiger partial charge on any atom is 0.337 e. The van der Waals surface area contributed by atoms with Gasteiger partial charge in [0.15, 0.2) is 0 Å². The normalized spacial score (nSPS) is 15.3. The number of ether oxygens (including phenoxy) is 1. The van der Waals surface area contributed by atoms with Crippen LogP contribution in [-0.4, -0.2) is 35.8 Å². The van der Waals surface area contributed by atoms with Gasteiger partial charge in [-0.25, -0.2) is 4.79 Å². The molecule has 1 aliphatic heterocycles. The third-order valence-electron chi connectivity index (χ3n) is 3.79. The summed E-state index contributed by atoms with van der Waals surface area (Å²) in [6.07, 6.45) is 1.66. The van der Waals surface area contributed by atoms with Crippen LogP contribution in [0.3, 0.4) is 0 Å². The van der Waals surface area contributed by atoms with Crippen LogP contribution in [0, 0.1) is 0 Å². The molecule has 3 rings (SSSR count). The van der Waals surface area contributed by atoms with Gasteiger partial charge in [-0.2, -0.15) is 0 Å². The van der Waals surface area contributed by atoms with Gasteiger partial charge in [0.25, 0.3) is 11.1 Å².